The van der Waals surface area contributed by atoms with Crippen LogP contribution in [0.3, 0.4) is 0 Å². The fourth-order valence-electron chi connectivity index (χ4n) is 1.32. The van der Waals surface area contributed by atoms with Crippen molar-refractivity contribution in [2.45, 2.75) is 17.4 Å². The Bertz CT molecular complexity index is 522. The number of carbonyl (C=O) groups excluding carboxylic acids is 1. The Hall–Kier alpha value is -1.73. The minimum Gasteiger partial charge on any atom is -0.481 e. The first-order chi connectivity index (χ1) is 9.40. The molecule has 0 bridgehead atoms. The van der Waals surface area contributed by atoms with Crippen LogP contribution < -0.4 is 5.32 Å². The first-order valence-corrected chi connectivity index (χ1v) is 6.87. The monoisotopic (exact) mass is 317 g/mol. The number of nitrogens with one attached hydrogen (secondary N) is 1. The molecule has 8 heteroatoms. The molecule has 1 atom stereocenters. The van der Waals surface area contributed by atoms with Gasteiger partial charge in [-0.15, -0.1) is 11.8 Å². The molecule has 1 aromatic rings. The number of carboxylic acid groups (broad SMARTS) is 2. The van der Waals surface area contributed by atoms with Gasteiger partial charge in [0.05, 0.1) is 17.2 Å². The predicted octanol–water partition coefficient (Wildman–Crippen LogP) is 1.48. The first-order valence-electron chi connectivity index (χ1n) is 5.51. The second kappa shape index (κ2) is 7.76. The standard InChI is InChI=1S/C12H12ClNO5S/c13-7-3-1-2-4-9(7)20-6-10(15)14-8(12(18)19)5-11(16)17/h1-4,8H,5-6H2,(H,14,15)(H,16,17)(H,18,19)/t8-/m0/s1. The van der Waals surface area contributed by atoms with Gasteiger partial charge in [0.1, 0.15) is 6.04 Å². The van der Waals surface area contributed by atoms with Crippen LogP contribution in [-0.4, -0.2) is 39.9 Å². The molecule has 108 valence electrons. The quantitative estimate of drug-likeness (QED) is 0.658. The molecule has 6 nitrogen and oxygen atoms in total. The molecule has 0 aliphatic rings. The molecule has 0 unspecified atom stereocenters. The molecule has 20 heavy (non-hydrogen) atoms. The van der Waals surface area contributed by atoms with E-state index in [1.807, 2.05) is 0 Å². The average molecular weight is 318 g/mol. The highest BCUT2D eigenvalue weighted by molar-refractivity contribution is 8.00. The highest BCUT2D eigenvalue weighted by atomic mass is 35.5. The predicted molar refractivity (Wildman–Crippen MR) is 74.0 cm³/mol. The number of thioether (sulfide) groups is 1. The lowest BCUT2D eigenvalue weighted by Crippen LogP contribution is -2.43. The maximum Gasteiger partial charge on any atom is 0.326 e. The molecule has 0 saturated heterocycles. The van der Waals surface area contributed by atoms with Crippen LogP contribution in [0, 0.1) is 0 Å². The Morgan fingerprint density at radius 2 is 1.90 bits per heavy atom. The smallest absolute Gasteiger partial charge is 0.326 e. The Kier molecular flexibility index (Phi) is 6.33. The lowest BCUT2D eigenvalue weighted by molar-refractivity contribution is -0.147. The summed E-state index contributed by atoms with van der Waals surface area (Å²) in [5.74, 6) is -3.30. The number of halogens is 1. The van der Waals surface area contributed by atoms with Gasteiger partial charge in [0, 0.05) is 4.90 Å². The molecule has 0 saturated carbocycles. The highest BCUT2D eigenvalue weighted by Gasteiger charge is 2.22. The van der Waals surface area contributed by atoms with E-state index in [1.165, 1.54) is 0 Å². The maximum absolute atomic E-state index is 11.6. The molecule has 1 aromatic carbocycles. The third-order valence-electron chi connectivity index (χ3n) is 2.21. The topological polar surface area (TPSA) is 104 Å². The molecule has 0 aliphatic carbocycles. The van der Waals surface area contributed by atoms with Crippen LogP contribution in [0.5, 0.6) is 0 Å². The van der Waals surface area contributed by atoms with Gasteiger partial charge in [0.2, 0.25) is 5.91 Å². The van der Waals surface area contributed by atoms with Crippen molar-refractivity contribution in [3.05, 3.63) is 29.3 Å². The van der Waals surface area contributed by atoms with Crippen LogP contribution in [0.25, 0.3) is 0 Å². The minimum atomic E-state index is -1.44. The van der Waals surface area contributed by atoms with Crippen molar-refractivity contribution < 1.29 is 24.6 Å². The maximum atomic E-state index is 11.6. The number of carboxylic acids is 2. The van der Waals surface area contributed by atoms with Crippen molar-refractivity contribution >= 4 is 41.2 Å². The number of rotatable bonds is 7. The Morgan fingerprint density at radius 1 is 1.25 bits per heavy atom. The summed E-state index contributed by atoms with van der Waals surface area (Å²) in [5, 5.41) is 20.0. The van der Waals surface area contributed by atoms with Gasteiger partial charge >= 0.3 is 11.9 Å². The van der Waals surface area contributed by atoms with Crippen LogP contribution in [0.1, 0.15) is 6.42 Å². The summed E-state index contributed by atoms with van der Waals surface area (Å²) in [7, 11) is 0. The van der Waals surface area contributed by atoms with Crippen molar-refractivity contribution in [1.29, 1.82) is 0 Å². The number of aliphatic carboxylic acids is 2. The molecule has 0 spiro atoms. The van der Waals surface area contributed by atoms with E-state index in [-0.39, 0.29) is 5.75 Å². The summed E-state index contributed by atoms with van der Waals surface area (Å²) < 4.78 is 0. The van der Waals surface area contributed by atoms with E-state index in [0.717, 1.165) is 11.8 Å². The summed E-state index contributed by atoms with van der Waals surface area (Å²) in [6, 6.07) is 5.47. The molecule has 3 N–H and O–H groups in total. The first kappa shape index (κ1) is 16.3. The van der Waals surface area contributed by atoms with Crippen molar-refractivity contribution in [3.8, 4) is 0 Å². The van der Waals surface area contributed by atoms with Crippen LogP contribution >= 0.6 is 23.4 Å². The number of amides is 1. The normalized spacial score (nSPS) is 11.7. The zero-order valence-electron chi connectivity index (χ0n) is 10.2. The van der Waals surface area contributed by atoms with Crippen LogP contribution in [0.2, 0.25) is 5.02 Å². The Morgan fingerprint density at radius 3 is 2.45 bits per heavy atom. The third kappa shape index (κ3) is 5.50. The summed E-state index contributed by atoms with van der Waals surface area (Å²) in [5.41, 5.74) is 0. The van der Waals surface area contributed by atoms with Gasteiger partial charge in [0.15, 0.2) is 0 Å². The van der Waals surface area contributed by atoms with Crippen molar-refractivity contribution in [1.82, 2.24) is 5.32 Å². The minimum absolute atomic E-state index is 0.0485. The number of hydrogen-bond donors (Lipinski definition) is 3. The molecule has 1 amide bonds. The fourth-order valence-corrected chi connectivity index (χ4v) is 2.37. The third-order valence-corrected chi connectivity index (χ3v) is 3.72. The number of hydrogen-bond acceptors (Lipinski definition) is 4. The second-order valence-electron chi connectivity index (χ2n) is 3.78. The molecule has 0 fully saturated rings. The van der Waals surface area contributed by atoms with Gasteiger partial charge < -0.3 is 15.5 Å². The lowest BCUT2D eigenvalue weighted by atomic mass is 10.2. The molecular weight excluding hydrogens is 306 g/mol. The van der Waals surface area contributed by atoms with E-state index >= 15 is 0 Å². The number of benzene rings is 1. The summed E-state index contributed by atoms with van der Waals surface area (Å²) >= 11 is 7.05. The van der Waals surface area contributed by atoms with Crippen LogP contribution in [0.15, 0.2) is 29.2 Å². The van der Waals surface area contributed by atoms with Gasteiger partial charge in [-0.05, 0) is 12.1 Å². The lowest BCUT2D eigenvalue weighted by Gasteiger charge is -2.12. The summed E-state index contributed by atoms with van der Waals surface area (Å²) in [4.78, 5) is 33.6. The van der Waals surface area contributed by atoms with Gasteiger partial charge in [-0.2, -0.15) is 0 Å². The molecular formula is C12H12ClNO5S. The SMILES string of the molecule is O=C(O)C[C@H](NC(=O)CSc1ccccc1Cl)C(=O)O. The van der Waals surface area contributed by atoms with E-state index in [1.54, 1.807) is 24.3 Å². The van der Waals surface area contributed by atoms with E-state index < -0.39 is 30.3 Å². The van der Waals surface area contributed by atoms with Crippen molar-refractivity contribution in [3.63, 3.8) is 0 Å². The van der Waals surface area contributed by atoms with Crippen LogP contribution in [-0.2, 0) is 14.4 Å². The number of carbonyl (C=O) groups is 3. The second-order valence-corrected chi connectivity index (χ2v) is 5.20. The zero-order valence-corrected chi connectivity index (χ0v) is 11.8. The van der Waals surface area contributed by atoms with Gasteiger partial charge in [0.25, 0.3) is 0 Å². The van der Waals surface area contributed by atoms with Gasteiger partial charge in [-0.1, -0.05) is 23.7 Å². The zero-order chi connectivity index (χ0) is 15.1. The average Bonchev–Trinajstić information content (AvgIpc) is 2.36. The van der Waals surface area contributed by atoms with E-state index in [4.69, 9.17) is 21.8 Å². The molecule has 1 rings (SSSR count). The van der Waals surface area contributed by atoms with E-state index in [0.29, 0.717) is 9.92 Å². The van der Waals surface area contributed by atoms with Crippen molar-refractivity contribution in [2.24, 2.45) is 0 Å². The molecule has 0 radical (unpaired) electrons. The van der Waals surface area contributed by atoms with Crippen LogP contribution in [0.4, 0.5) is 0 Å². The molecule has 0 heterocycles. The highest BCUT2D eigenvalue weighted by Crippen LogP contribution is 2.26. The van der Waals surface area contributed by atoms with Crippen molar-refractivity contribution in [2.75, 3.05) is 5.75 Å². The summed E-state index contributed by atoms with van der Waals surface area (Å²) in [6.07, 6.45) is -0.669. The van der Waals surface area contributed by atoms with Gasteiger partial charge in [-0.3, -0.25) is 9.59 Å². The molecule has 0 aromatic heterocycles. The fraction of sp³-hybridized carbons (Fsp3) is 0.250. The molecule has 0 aliphatic heterocycles. The van der Waals surface area contributed by atoms with E-state index in [2.05, 4.69) is 5.32 Å². The summed E-state index contributed by atoms with van der Waals surface area (Å²) in [6.45, 7) is 0. The largest absolute Gasteiger partial charge is 0.481 e. The van der Waals surface area contributed by atoms with E-state index in [9.17, 15) is 14.4 Å². The Labute approximate surface area is 124 Å². The Balaban J connectivity index is 2.52. The van der Waals surface area contributed by atoms with Gasteiger partial charge in [-0.25, -0.2) is 4.79 Å².